The van der Waals surface area contributed by atoms with Crippen molar-refractivity contribution in [2.75, 3.05) is 13.1 Å². The molecule has 2 N–H and O–H groups in total. The predicted molar refractivity (Wildman–Crippen MR) is 145 cm³/mol. The van der Waals surface area contributed by atoms with Crippen LogP contribution in [-0.2, 0) is 11.8 Å². The Morgan fingerprint density at radius 1 is 1.26 bits per heavy atom. The summed E-state index contributed by atoms with van der Waals surface area (Å²) in [7, 11) is 1.73. The van der Waals surface area contributed by atoms with Crippen LogP contribution in [0.3, 0.4) is 0 Å². The van der Waals surface area contributed by atoms with E-state index in [4.69, 9.17) is 20.3 Å². The molecule has 0 aliphatic carbocycles. The summed E-state index contributed by atoms with van der Waals surface area (Å²) >= 11 is 0. The molecule has 13 heteroatoms. The molecule has 0 saturated carbocycles. The molecule has 4 rings (SSSR count). The zero-order valence-electron chi connectivity index (χ0n) is 23.1. The smallest absolute Gasteiger partial charge is 0.410 e. The summed E-state index contributed by atoms with van der Waals surface area (Å²) in [5.41, 5.74) is 2.75. The number of carbonyl (C=O) groups excluding carboxylic acids is 1. The first-order valence-corrected chi connectivity index (χ1v) is 12.7. The Balaban J connectivity index is 1.57. The Kier molecular flexibility index (Phi) is 7.85. The fraction of sp³-hybridized carbons (Fsp3) is 0.500. The largest absolute Gasteiger partial charge is 0.482 e. The number of hydrogen-bond donors (Lipinski definition) is 1. The summed E-state index contributed by atoms with van der Waals surface area (Å²) in [4.78, 5) is 20.4. The van der Waals surface area contributed by atoms with Gasteiger partial charge in [0.15, 0.2) is 0 Å². The summed E-state index contributed by atoms with van der Waals surface area (Å²) < 4.78 is 13.3. The number of nitrogens with two attached hydrogens (primary N) is 1. The maximum atomic E-state index is 12.4. The van der Waals surface area contributed by atoms with Crippen LogP contribution in [0, 0.1) is 11.3 Å². The van der Waals surface area contributed by atoms with Crippen LogP contribution >= 0.6 is 0 Å². The first-order valence-electron chi connectivity index (χ1n) is 12.7. The number of likely N-dealkylation sites (tertiary alicyclic amines) is 1. The van der Waals surface area contributed by atoms with Crippen LogP contribution in [0.25, 0.3) is 5.52 Å². The molecule has 1 unspecified atom stereocenters. The third kappa shape index (κ3) is 6.34. The van der Waals surface area contributed by atoms with E-state index < -0.39 is 11.7 Å². The van der Waals surface area contributed by atoms with Crippen molar-refractivity contribution in [2.45, 2.75) is 65.2 Å². The van der Waals surface area contributed by atoms with Gasteiger partial charge in [-0.3, -0.25) is 4.99 Å². The highest BCUT2D eigenvalue weighted by atomic mass is 16.6. The van der Waals surface area contributed by atoms with E-state index in [1.165, 1.54) is 11.0 Å². The van der Waals surface area contributed by atoms with E-state index in [1.807, 2.05) is 34.6 Å². The van der Waals surface area contributed by atoms with E-state index in [0.717, 1.165) is 0 Å². The second kappa shape index (κ2) is 11.1. The lowest BCUT2D eigenvalue weighted by Crippen LogP contribution is -2.42. The second-order valence-corrected chi connectivity index (χ2v) is 10.5. The first-order chi connectivity index (χ1) is 18.5. The summed E-state index contributed by atoms with van der Waals surface area (Å²) in [6.45, 7) is 10.4. The number of amides is 1. The van der Waals surface area contributed by atoms with Gasteiger partial charge in [0.1, 0.15) is 46.0 Å². The van der Waals surface area contributed by atoms with E-state index in [2.05, 4.69) is 26.5 Å². The van der Waals surface area contributed by atoms with Crippen molar-refractivity contribution in [1.29, 1.82) is 5.26 Å². The molecular formula is C26H34N10O3. The van der Waals surface area contributed by atoms with Crippen molar-refractivity contribution >= 4 is 23.0 Å². The molecule has 0 aromatic carbocycles. The standard InChI is InChI=1S/C26H34N10O3/c1-16(31-20-7-9-35(10-8-20)25(37)39-26(3,4)5)23(32-28)18-11-22(24-19(12-27)13-30-36(24)15-18)38-17(2)21-14-29-34(6)33-21/h11,13-15,17,20H,7-10,28H2,1-6H3/b31-16?,32-23+. The Morgan fingerprint density at radius 3 is 2.56 bits per heavy atom. The molecule has 0 bridgehead atoms. The van der Waals surface area contributed by atoms with Gasteiger partial charge in [0.05, 0.1) is 24.1 Å². The maximum absolute atomic E-state index is 12.4. The fourth-order valence-electron chi connectivity index (χ4n) is 4.40. The lowest BCUT2D eigenvalue weighted by atomic mass is 10.0. The monoisotopic (exact) mass is 534 g/mol. The molecule has 39 heavy (non-hydrogen) atoms. The molecule has 1 fully saturated rings. The van der Waals surface area contributed by atoms with E-state index in [0.29, 0.717) is 65.4 Å². The van der Waals surface area contributed by atoms with Gasteiger partial charge in [-0.2, -0.15) is 30.5 Å². The number of aryl methyl sites for hydroxylation is 1. The highest BCUT2D eigenvalue weighted by molar-refractivity contribution is 6.47. The number of nitriles is 1. The highest BCUT2D eigenvalue weighted by Gasteiger charge is 2.27. The number of piperidine rings is 1. The number of pyridine rings is 1. The van der Waals surface area contributed by atoms with Crippen LogP contribution in [0.1, 0.15) is 70.4 Å². The van der Waals surface area contributed by atoms with Gasteiger partial charge in [0, 0.05) is 31.9 Å². The van der Waals surface area contributed by atoms with Gasteiger partial charge in [0.25, 0.3) is 0 Å². The number of carbonyl (C=O) groups is 1. The predicted octanol–water partition coefficient (Wildman–Crippen LogP) is 3.00. The number of rotatable bonds is 6. The molecule has 3 aromatic heterocycles. The minimum atomic E-state index is -0.534. The van der Waals surface area contributed by atoms with E-state index in [-0.39, 0.29) is 12.1 Å². The van der Waals surface area contributed by atoms with Gasteiger partial charge in [-0.1, -0.05) is 0 Å². The van der Waals surface area contributed by atoms with E-state index in [9.17, 15) is 10.1 Å². The molecule has 13 nitrogen and oxygen atoms in total. The van der Waals surface area contributed by atoms with E-state index in [1.54, 1.807) is 34.9 Å². The molecule has 1 aliphatic heterocycles. The molecule has 4 heterocycles. The zero-order chi connectivity index (χ0) is 28.3. The van der Waals surface area contributed by atoms with Crippen molar-refractivity contribution in [3.63, 3.8) is 0 Å². The van der Waals surface area contributed by atoms with Gasteiger partial charge >= 0.3 is 6.09 Å². The molecule has 0 radical (unpaired) electrons. The van der Waals surface area contributed by atoms with Crippen LogP contribution in [-0.4, -0.2) is 71.8 Å². The summed E-state index contributed by atoms with van der Waals surface area (Å²) in [6.07, 6.45) is 5.50. The van der Waals surface area contributed by atoms with Crippen LogP contribution in [0.15, 0.2) is 34.8 Å². The van der Waals surface area contributed by atoms with Crippen molar-refractivity contribution in [2.24, 2.45) is 23.0 Å². The number of hydrogen-bond acceptors (Lipinski definition) is 10. The minimum Gasteiger partial charge on any atom is -0.482 e. The summed E-state index contributed by atoms with van der Waals surface area (Å²) in [5.74, 6) is 6.28. The quantitative estimate of drug-likeness (QED) is 0.287. The van der Waals surface area contributed by atoms with Gasteiger partial charge < -0.3 is 20.2 Å². The fourth-order valence-corrected chi connectivity index (χ4v) is 4.40. The highest BCUT2D eigenvalue weighted by Crippen LogP contribution is 2.29. The lowest BCUT2D eigenvalue weighted by molar-refractivity contribution is 0.0207. The van der Waals surface area contributed by atoms with Gasteiger partial charge in [-0.25, -0.2) is 9.31 Å². The van der Waals surface area contributed by atoms with Crippen LogP contribution in [0.4, 0.5) is 4.79 Å². The zero-order valence-corrected chi connectivity index (χ0v) is 23.1. The molecule has 1 amide bonds. The molecule has 206 valence electrons. The molecule has 3 aromatic rings. The van der Waals surface area contributed by atoms with Crippen LogP contribution < -0.4 is 10.6 Å². The van der Waals surface area contributed by atoms with Crippen molar-refractivity contribution in [3.05, 3.63) is 41.5 Å². The number of aliphatic imine (C=N–C) groups is 1. The number of ether oxygens (including phenoxy) is 2. The summed E-state index contributed by atoms with van der Waals surface area (Å²) in [5, 5.41) is 26.4. The molecule has 1 aliphatic rings. The van der Waals surface area contributed by atoms with Crippen LogP contribution in [0.5, 0.6) is 5.75 Å². The molecule has 1 saturated heterocycles. The van der Waals surface area contributed by atoms with Crippen molar-refractivity contribution in [3.8, 4) is 11.8 Å². The summed E-state index contributed by atoms with van der Waals surface area (Å²) in [6, 6.07) is 3.94. The molecule has 0 spiro atoms. The number of aromatic nitrogens is 5. The SMILES string of the molecule is CC(=NC1CCN(C(=O)OC(C)(C)C)CC1)/C(=N\N)c1cc(OC(C)c2cnn(C)n2)c2c(C#N)cnn2c1. The molecular weight excluding hydrogens is 500 g/mol. The topological polar surface area (TPSA) is 161 Å². The minimum absolute atomic E-state index is 0.00598. The Bertz CT molecular complexity index is 1450. The number of nitrogens with zero attached hydrogens (tertiary/aromatic N) is 9. The van der Waals surface area contributed by atoms with Crippen LogP contribution in [0.2, 0.25) is 0 Å². The maximum Gasteiger partial charge on any atom is 0.410 e. The Labute approximate surface area is 226 Å². The molecule has 1 atom stereocenters. The normalized spacial score (nSPS) is 16.3. The first kappa shape index (κ1) is 27.6. The lowest BCUT2D eigenvalue weighted by Gasteiger charge is -2.32. The Hall–Kier alpha value is -4.47. The number of hydrazone groups is 1. The van der Waals surface area contributed by atoms with Crippen molar-refractivity contribution in [1.82, 2.24) is 29.5 Å². The van der Waals surface area contributed by atoms with Gasteiger partial charge in [-0.15, -0.1) is 0 Å². The van der Waals surface area contributed by atoms with Gasteiger partial charge in [-0.05, 0) is 53.5 Å². The second-order valence-electron chi connectivity index (χ2n) is 10.5. The Morgan fingerprint density at radius 2 is 1.97 bits per heavy atom. The average Bonchev–Trinajstić information content (AvgIpc) is 3.50. The van der Waals surface area contributed by atoms with E-state index >= 15 is 0 Å². The third-order valence-corrected chi connectivity index (χ3v) is 6.27. The van der Waals surface area contributed by atoms with Crippen molar-refractivity contribution < 1.29 is 14.3 Å². The van der Waals surface area contributed by atoms with Gasteiger partial charge in [0.2, 0.25) is 0 Å². The third-order valence-electron chi connectivity index (χ3n) is 6.27. The number of fused-ring (bicyclic) bond motifs is 1. The average molecular weight is 535 g/mol.